The molecule has 0 atom stereocenters. The third kappa shape index (κ3) is 7.40. The van der Waals surface area contributed by atoms with E-state index in [9.17, 15) is 4.79 Å². The van der Waals surface area contributed by atoms with Crippen LogP contribution in [0, 0.1) is 0 Å². The van der Waals surface area contributed by atoms with Gasteiger partial charge in [-0.05, 0) is 50.5 Å². The van der Waals surface area contributed by atoms with Gasteiger partial charge in [0.1, 0.15) is 5.75 Å². The van der Waals surface area contributed by atoms with Crippen molar-refractivity contribution in [2.24, 2.45) is 4.99 Å². The van der Waals surface area contributed by atoms with Crippen LogP contribution in [0.2, 0.25) is 0 Å². The van der Waals surface area contributed by atoms with E-state index in [1.807, 2.05) is 32.9 Å². The van der Waals surface area contributed by atoms with Gasteiger partial charge < -0.3 is 20.3 Å². The number of carbonyl (C=O) groups is 1. The van der Waals surface area contributed by atoms with Gasteiger partial charge in [-0.25, -0.2) is 0 Å². The molecule has 150 valence electrons. The van der Waals surface area contributed by atoms with Crippen LogP contribution in [-0.4, -0.2) is 56.1 Å². The van der Waals surface area contributed by atoms with Crippen molar-refractivity contribution < 1.29 is 9.53 Å². The lowest BCUT2D eigenvalue weighted by Gasteiger charge is -2.30. The molecule has 1 aliphatic heterocycles. The number of rotatable bonds is 4. The second-order valence-corrected chi connectivity index (χ2v) is 7.36. The molecule has 0 fully saturated rings. The lowest BCUT2D eigenvalue weighted by atomic mass is 9.99. The number of halogens is 1. The molecule has 1 aromatic rings. The van der Waals surface area contributed by atoms with Gasteiger partial charge in [-0.1, -0.05) is 18.2 Å². The number of nitrogens with zero attached hydrogens (tertiary/aromatic N) is 2. The minimum Gasteiger partial charge on any atom is -0.497 e. The van der Waals surface area contributed by atoms with Crippen LogP contribution < -0.4 is 15.4 Å². The average molecular weight is 486 g/mol. The third-order valence-corrected chi connectivity index (χ3v) is 4.08. The first-order valence-electron chi connectivity index (χ1n) is 8.92. The fraction of sp³-hybridized carbons (Fsp3) is 0.500. The minimum atomic E-state index is -0.234. The molecule has 27 heavy (non-hydrogen) atoms. The van der Waals surface area contributed by atoms with Crippen molar-refractivity contribution in [1.29, 1.82) is 0 Å². The van der Waals surface area contributed by atoms with Gasteiger partial charge in [0.25, 0.3) is 0 Å². The molecule has 0 unspecified atom stereocenters. The number of benzene rings is 1. The van der Waals surface area contributed by atoms with Crippen LogP contribution in [0.5, 0.6) is 5.75 Å². The molecule has 0 aliphatic carbocycles. The highest BCUT2D eigenvalue weighted by Gasteiger charge is 2.18. The van der Waals surface area contributed by atoms with Crippen LogP contribution >= 0.6 is 24.0 Å². The van der Waals surface area contributed by atoms with E-state index in [2.05, 4.69) is 38.7 Å². The molecule has 6 nitrogen and oxygen atoms in total. The topological polar surface area (TPSA) is 66.0 Å². The number of hydrogen-bond acceptors (Lipinski definition) is 3. The first kappa shape index (κ1) is 23.3. The summed E-state index contributed by atoms with van der Waals surface area (Å²) < 4.78 is 5.31. The van der Waals surface area contributed by atoms with Gasteiger partial charge in [0.05, 0.1) is 13.7 Å². The van der Waals surface area contributed by atoms with Crippen molar-refractivity contribution in [2.75, 3.05) is 33.8 Å². The number of methoxy groups -OCH3 is 1. The number of aliphatic imine (C=N–C) groups is 1. The lowest BCUT2D eigenvalue weighted by molar-refractivity contribution is -0.121. The fourth-order valence-corrected chi connectivity index (χ4v) is 2.90. The maximum Gasteiger partial charge on any atom is 0.239 e. The summed E-state index contributed by atoms with van der Waals surface area (Å²) in [6.45, 7) is 7.73. The number of amides is 1. The van der Waals surface area contributed by atoms with Crippen molar-refractivity contribution in [3.8, 4) is 5.75 Å². The van der Waals surface area contributed by atoms with E-state index in [-0.39, 0.29) is 42.0 Å². The predicted molar refractivity (Wildman–Crippen MR) is 122 cm³/mol. The van der Waals surface area contributed by atoms with Gasteiger partial charge in [0.15, 0.2) is 5.96 Å². The molecule has 0 saturated carbocycles. The standard InChI is InChI=1S/C20H30N4O2.HI/c1-20(2,3)23-18(25)14-22-19(21-4)24-11-9-15(10-12-24)16-7-6-8-17(13-16)26-5;/h6-9,13H,10-12,14H2,1-5H3,(H,21,22)(H,23,25);1H. The van der Waals surface area contributed by atoms with E-state index >= 15 is 0 Å². The molecule has 1 amide bonds. The molecule has 0 spiro atoms. The Kier molecular flexibility index (Phi) is 9.08. The van der Waals surface area contributed by atoms with Gasteiger partial charge in [-0.3, -0.25) is 9.79 Å². The highest BCUT2D eigenvalue weighted by molar-refractivity contribution is 14.0. The van der Waals surface area contributed by atoms with Crippen LogP contribution in [0.4, 0.5) is 0 Å². The largest absolute Gasteiger partial charge is 0.497 e. The monoisotopic (exact) mass is 486 g/mol. The Hall–Kier alpha value is -1.77. The Balaban J connectivity index is 0.00000364. The number of hydrogen-bond donors (Lipinski definition) is 2. The first-order valence-corrected chi connectivity index (χ1v) is 8.92. The summed E-state index contributed by atoms with van der Waals surface area (Å²) in [6, 6.07) is 8.13. The maximum atomic E-state index is 12.0. The van der Waals surface area contributed by atoms with E-state index in [4.69, 9.17) is 4.74 Å². The summed E-state index contributed by atoms with van der Waals surface area (Å²) in [5.41, 5.74) is 2.26. The summed E-state index contributed by atoms with van der Waals surface area (Å²) in [5, 5.41) is 6.09. The van der Waals surface area contributed by atoms with Gasteiger partial charge >= 0.3 is 0 Å². The van der Waals surface area contributed by atoms with Crippen molar-refractivity contribution in [2.45, 2.75) is 32.7 Å². The molecule has 1 heterocycles. The smallest absolute Gasteiger partial charge is 0.239 e. The first-order chi connectivity index (χ1) is 12.3. The van der Waals surface area contributed by atoms with Crippen molar-refractivity contribution >= 4 is 41.4 Å². The van der Waals surface area contributed by atoms with E-state index in [0.717, 1.165) is 31.2 Å². The Morgan fingerprint density at radius 3 is 2.63 bits per heavy atom. The zero-order valence-corrected chi connectivity index (χ0v) is 19.2. The van der Waals surface area contributed by atoms with E-state index in [1.54, 1.807) is 14.2 Å². The van der Waals surface area contributed by atoms with Gasteiger partial charge in [0.2, 0.25) is 5.91 Å². The zero-order chi connectivity index (χ0) is 19.2. The van der Waals surface area contributed by atoms with Crippen LogP contribution in [-0.2, 0) is 4.79 Å². The van der Waals surface area contributed by atoms with Crippen molar-refractivity contribution in [3.63, 3.8) is 0 Å². The Morgan fingerprint density at radius 1 is 1.33 bits per heavy atom. The Morgan fingerprint density at radius 2 is 2.07 bits per heavy atom. The Labute approximate surface area is 179 Å². The quantitative estimate of drug-likeness (QED) is 0.391. The summed E-state index contributed by atoms with van der Waals surface area (Å²) >= 11 is 0. The molecule has 1 aliphatic rings. The van der Waals surface area contributed by atoms with Gasteiger partial charge in [-0.15, -0.1) is 24.0 Å². The second kappa shape index (κ2) is 10.5. The number of ether oxygens (including phenoxy) is 1. The van der Waals surface area contributed by atoms with Crippen LogP contribution in [0.1, 0.15) is 32.8 Å². The molecule has 0 aromatic heterocycles. The molecule has 0 radical (unpaired) electrons. The minimum absolute atomic E-state index is 0. The fourth-order valence-electron chi connectivity index (χ4n) is 2.90. The lowest BCUT2D eigenvalue weighted by Crippen LogP contribution is -2.49. The summed E-state index contributed by atoms with van der Waals surface area (Å²) in [7, 11) is 3.42. The second-order valence-electron chi connectivity index (χ2n) is 7.36. The number of guanidine groups is 1. The van der Waals surface area contributed by atoms with Crippen molar-refractivity contribution in [3.05, 3.63) is 35.9 Å². The molecule has 2 N–H and O–H groups in total. The van der Waals surface area contributed by atoms with E-state index in [0.29, 0.717) is 0 Å². The molecular weight excluding hydrogens is 455 g/mol. The molecule has 0 saturated heterocycles. The molecular formula is C20H31IN4O2. The van der Waals surface area contributed by atoms with E-state index < -0.39 is 0 Å². The van der Waals surface area contributed by atoms with Gasteiger partial charge in [0, 0.05) is 25.7 Å². The highest BCUT2D eigenvalue weighted by Crippen LogP contribution is 2.25. The Bertz CT molecular complexity index is 695. The number of nitrogens with one attached hydrogen (secondary N) is 2. The molecule has 7 heteroatoms. The zero-order valence-electron chi connectivity index (χ0n) is 16.8. The van der Waals surface area contributed by atoms with E-state index in [1.165, 1.54) is 11.1 Å². The van der Waals surface area contributed by atoms with Crippen LogP contribution in [0.15, 0.2) is 35.3 Å². The molecule has 0 bridgehead atoms. The average Bonchev–Trinajstić information content (AvgIpc) is 2.61. The third-order valence-electron chi connectivity index (χ3n) is 4.08. The van der Waals surface area contributed by atoms with Gasteiger partial charge in [-0.2, -0.15) is 0 Å². The SMILES string of the molecule is CN=C(NCC(=O)NC(C)(C)C)N1CC=C(c2cccc(OC)c2)CC1.I. The van der Waals surface area contributed by atoms with Crippen LogP contribution in [0.3, 0.4) is 0 Å². The van der Waals surface area contributed by atoms with Crippen molar-refractivity contribution in [1.82, 2.24) is 15.5 Å². The predicted octanol–water partition coefficient (Wildman–Crippen LogP) is 2.89. The number of carbonyl (C=O) groups excluding carboxylic acids is 1. The maximum absolute atomic E-state index is 12.0. The normalized spacial score (nSPS) is 14.8. The highest BCUT2D eigenvalue weighted by atomic mass is 127. The summed E-state index contributed by atoms with van der Waals surface area (Å²) in [5.74, 6) is 1.58. The molecule has 2 rings (SSSR count). The molecule has 1 aromatic carbocycles. The summed E-state index contributed by atoms with van der Waals surface area (Å²) in [4.78, 5) is 18.4. The summed E-state index contributed by atoms with van der Waals surface area (Å²) in [6.07, 6.45) is 3.13. The van der Waals surface area contributed by atoms with Crippen LogP contribution in [0.25, 0.3) is 5.57 Å².